The highest BCUT2D eigenvalue weighted by atomic mass is 79.9. The molecule has 3 heteroatoms. The fourth-order valence-corrected chi connectivity index (χ4v) is 3.77. The lowest BCUT2D eigenvalue weighted by Gasteiger charge is -2.22. The van der Waals surface area contributed by atoms with Gasteiger partial charge in [0.25, 0.3) is 0 Å². The van der Waals surface area contributed by atoms with Crippen LogP contribution >= 0.6 is 15.9 Å². The molecule has 0 spiro atoms. The van der Waals surface area contributed by atoms with E-state index in [2.05, 4.69) is 22.0 Å². The minimum absolute atomic E-state index is 0.141. The van der Waals surface area contributed by atoms with Gasteiger partial charge in [0, 0.05) is 4.47 Å². The van der Waals surface area contributed by atoms with E-state index in [9.17, 15) is 9.50 Å². The van der Waals surface area contributed by atoms with E-state index in [4.69, 9.17) is 0 Å². The topological polar surface area (TPSA) is 20.2 Å². The molecule has 0 bridgehead atoms. The van der Waals surface area contributed by atoms with Gasteiger partial charge < -0.3 is 5.11 Å². The van der Waals surface area contributed by atoms with Crippen LogP contribution in [-0.4, -0.2) is 5.11 Å². The molecule has 0 saturated heterocycles. The van der Waals surface area contributed by atoms with Gasteiger partial charge in [0.2, 0.25) is 0 Å². The molecule has 1 aliphatic carbocycles. The lowest BCUT2D eigenvalue weighted by atomic mass is 9.88. The van der Waals surface area contributed by atoms with E-state index >= 15 is 0 Å². The van der Waals surface area contributed by atoms with E-state index in [-0.39, 0.29) is 11.7 Å². The van der Waals surface area contributed by atoms with Crippen molar-refractivity contribution in [3.05, 3.63) is 69.4 Å². The summed E-state index contributed by atoms with van der Waals surface area (Å²) in [6.45, 7) is 0. The highest BCUT2D eigenvalue weighted by Gasteiger charge is 2.26. The Morgan fingerprint density at radius 2 is 2.00 bits per heavy atom. The summed E-state index contributed by atoms with van der Waals surface area (Å²) in [4.78, 5) is 0. The van der Waals surface area contributed by atoms with E-state index in [1.807, 2.05) is 24.3 Å². The van der Waals surface area contributed by atoms with Gasteiger partial charge >= 0.3 is 0 Å². The van der Waals surface area contributed by atoms with Crippen molar-refractivity contribution in [2.45, 2.75) is 31.8 Å². The van der Waals surface area contributed by atoms with Gasteiger partial charge in [-0.05, 0) is 66.5 Å². The summed E-state index contributed by atoms with van der Waals surface area (Å²) in [5, 5.41) is 10.7. The number of aliphatic hydroxyl groups excluding tert-OH is 1. The quantitative estimate of drug-likeness (QED) is 0.771. The largest absolute Gasteiger partial charge is 0.388 e. The zero-order valence-electron chi connectivity index (χ0n) is 11.7. The molecule has 0 radical (unpaired) electrons. The fraction of sp³-hybridized carbons (Fsp3) is 0.333. The van der Waals surface area contributed by atoms with Crippen molar-refractivity contribution in [2.75, 3.05) is 0 Å². The minimum atomic E-state index is -0.467. The predicted octanol–water partition coefficient (Wildman–Crippen LogP) is 4.82. The molecule has 21 heavy (non-hydrogen) atoms. The van der Waals surface area contributed by atoms with Crippen LogP contribution in [0.5, 0.6) is 0 Å². The molecule has 0 heterocycles. The van der Waals surface area contributed by atoms with E-state index in [0.717, 1.165) is 34.9 Å². The summed E-state index contributed by atoms with van der Waals surface area (Å²) in [5.74, 6) is -0.0924. The average molecular weight is 349 g/mol. The lowest BCUT2D eigenvalue weighted by molar-refractivity contribution is 0.105. The third kappa shape index (κ3) is 3.35. The Morgan fingerprint density at radius 1 is 1.19 bits per heavy atom. The summed E-state index contributed by atoms with van der Waals surface area (Å²) in [5.41, 5.74) is 3.22. The molecule has 2 aromatic rings. The number of halogens is 2. The zero-order valence-corrected chi connectivity index (χ0v) is 13.3. The SMILES string of the molecule is OC1c2ccccc2CCCC1Cc1cc(F)cc(Br)c1. The summed E-state index contributed by atoms with van der Waals surface area (Å²) >= 11 is 3.33. The molecule has 1 N–H and O–H groups in total. The van der Waals surface area contributed by atoms with Gasteiger partial charge in [-0.25, -0.2) is 4.39 Å². The molecular weight excluding hydrogens is 331 g/mol. The molecule has 1 aliphatic rings. The van der Waals surface area contributed by atoms with Crippen LogP contribution < -0.4 is 0 Å². The number of hydrogen-bond acceptors (Lipinski definition) is 1. The summed E-state index contributed by atoms with van der Waals surface area (Å²) in [7, 11) is 0. The van der Waals surface area contributed by atoms with Crippen LogP contribution in [0.3, 0.4) is 0 Å². The van der Waals surface area contributed by atoms with E-state index in [1.54, 1.807) is 6.07 Å². The Balaban J connectivity index is 1.85. The molecule has 2 unspecified atom stereocenters. The highest BCUT2D eigenvalue weighted by Crippen LogP contribution is 2.35. The maximum absolute atomic E-state index is 13.5. The number of aryl methyl sites for hydroxylation is 1. The summed E-state index contributed by atoms with van der Waals surface area (Å²) in [6.07, 6.45) is 3.27. The van der Waals surface area contributed by atoms with Gasteiger partial charge in [-0.15, -0.1) is 0 Å². The van der Waals surface area contributed by atoms with Crippen LogP contribution in [0.25, 0.3) is 0 Å². The third-order valence-electron chi connectivity index (χ3n) is 4.26. The molecular formula is C18H18BrFO. The maximum atomic E-state index is 13.5. The monoisotopic (exact) mass is 348 g/mol. The van der Waals surface area contributed by atoms with Crippen LogP contribution in [-0.2, 0) is 12.8 Å². The van der Waals surface area contributed by atoms with Gasteiger partial charge in [-0.1, -0.05) is 40.2 Å². The number of fused-ring (bicyclic) bond motifs is 1. The van der Waals surface area contributed by atoms with Crippen molar-refractivity contribution in [2.24, 2.45) is 5.92 Å². The van der Waals surface area contributed by atoms with E-state index in [0.29, 0.717) is 6.42 Å². The Bertz CT molecular complexity index is 621. The van der Waals surface area contributed by atoms with Gasteiger partial charge in [0.05, 0.1) is 6.10 Å². The molecule has 0 aliphatic heterocycles. The second kappa shape index (κ2) is 6.29. The highest BCUT2D eigenvalue weighted by molar-refractivity contribution is 9.10. The Kier molecular flexibility index (Phi) is 4.41. The van der Waals surface area contributed by atoms with Gasteiger partial charge in [0.15, 0.2) is 0 Å². The minimum Gasteiger partial charge on any atom is -0.388 e. The summed E-state index contributed by atoms with van der Waals surface area (Å²) < 4.78 is 14.3. The Morgan fingerprint density at radius 3 is 2.81 bits per heavy atom. The smallest absolute Gasteiger partial charge is 0.124 e. The Labute approximate surface area is 132 Å². The van der Waals surface area contributed by atoms with Gasteiger partial charge in [-0.2, -0.15) is 0 Å². The van der Waals surface area contributed by atoms with Crippen LogP contribution in [0.15, 0.2) is 46.9 Å². The zero-order chi connectivity index (χ0) is 14.8. The van der Waals surface area contributed by atoms with Crippen molar-refractivity contribution in [3.8, 4) is 0 Å². The van der Waals surface area contributed by atoms with Crippen molar-refractivity contribution in [3.63, 3.8) is 0 Å². The number of aliphatic hydroxyl groups is 1. The van der Waals surface area contributed by atoms with Crippen LogP contribution in [0.1, 0.15) is 35.6 Å². The van der Waals surface area contributed by atoms with E-state index < -0.39 is 6.10 Å². The molecule has 1 nitrogen and oxygen atoms in total. The van der Waals surface area contributed by atoms with Crippen LogP contribution in [0.2, 0.25) is 0 Å². The first-order valence-electron chi connectivity index (χ1n) is 7.34. The average Bonchev–Trinajstić information content (AvgIpc) is 2.59. The second-order valence-electron chi connectivity index (χ2n) is 5.78. The molecule has 3 rings (SSSR count). The van der Waals surface area contributed by atoms with Crippen molar-refractivity contribution < 1.29 is 9.50 Å². The molecule has 110 valence electrons. The molecule has 0 saturated carbocycles. The maximum Gasteiger partial charge on any atom is 0.124 e. The standard InChI is InChI=1S/C18H18BrFO/c19-15-9-12(10-16(20)11-15)8-14-6-3-5-13-4-1-2-7-17(13)18(14)21/h1-2,4,7,9-11,14,18,21H,3,5-6,8H2. The van der Waals surface area contributed by atoms with Crippen LogP contribution in [0, 0.1) is 11.7 Å². The first-order valence-corrected chi connectivity index (χ1v) is 8.13. The second-order valence-corrected chi connectivity index (χ2v) is 6.69. The number of rotatable bonds is 2. The molecule has 2 aromatic carbocycles. The first kappa shape index (κ1) is 14.7. The van der Waals surface area contributed by atoms with Crippen LogP contribution in [0.4, 0.5) is 4.39 Å². The fourth-order valence-electron chi connectivity index (χ4n) is 3.26. The van der Waals surface area contributed by atoms with Gasteiger partial charge in [0.1, 0.15) is 5.82 Å². The number of benzene rings is 2. The normalized spacial score (nSPS) is 21.7. The Hall–Kier alpha value is -1.19. The summed E-state index contributed by atoms with van der Waals surface area (Å²) in [6, 6.07) is 13.1. The van der Waals surface area contributed by atoms with Crippen molar-refractivity contribution >= 4 is 15.9 Å². The predicted molar refractivity (Wildman–Crippen MR) is 85.6 cm³/mol. The van der Waals surface area contributed by atoms with Crippen molar-refractivity contribution in [1.82, 2.24) is 0 Å². The first-order chi connectivity index (χ1) is 10.1. The van der Waals surface area contributed by atoms with Crippen molar-refractivity contribution in [1.29, 1.82) is 0 Å². The van der Waals surface area contributed by atoms with E-state index in [1.165, 1.54) is 11.6 Å². The molecule has 2 atom stereocenters. The third-order valence-corrected chi connectivity index (χ3v) is 4.72. The van der Waals surface area contributed by atoms with Gasteiger partial charge in [-0.3, -0.25) is 0 Å². The number of hydrogen-bond donors (Lipinski definition) is 1. The molecule has 0 aromatic heterocycles. The molecule has 0 amide bonds. The molecule has 0 fully saturated rings. The lowest BCUT2D eigenvalue weighted by Crippen LogP contribution is -2.14.